The molecule has 0 saturated heterocycles. The fourth-order valence-corrected chi connectivity index (χ4v) is 1.72. The second-order valence-corrected chi connectivity index (χ2v) is 6.44. The van der Waals surface area contributed by atoms with Crippen molar-refractivity contribution in [3.8, 4) is 0 Å². The van der Waals surface area contributed by atoms with E-state index in [2.05, 4.69) is 13.5 Å². The fraction of sp³-hybridized carbons (Fsp3) is 0.765. The average molecular weight is 313 g/mol. The van der Waals surface area contributed by atoms with Crippen molar-refractivity contribution in [3.63, 3.8) is 0 Å². The van der Waals surface area contributed by atoms with Crippen molar-refractivity contribution >= 4 is 12.1 Å². The molecule has 5 nitrogen and oxygen atoms in total. The molecule has 0 radical (unpaired) electrons. The minimum Gasteiger partial charge on any atom is -0.460 e. The van der Waals surface area contributed by atoms with Gasteiger partial charge in [0.05, 0.1) is 6.54 Å². The number of carbonyl (C=O) groups is 2. The van der Waals surface area contributed by atoms with Gasteiger partial charge in [0.25, 0.3) is 0 Å². The summed E-state index contributed by atoms with van der Waals surface area (Å²) in [7, 11) is 0. The molecule has 0 saturated carbocycles. The van der Waals surface area contributed by atoms with Crippen LogP contribution < -0.4 is 0 Å². The Labute approximate surface area is 134 Å². The van der Waals surface area contributed by atoms with E-state index in [1.165, 1.54) is 0 Å². The van der Waals surface area contributed by atoms with E-state index >= 15 is 0 Å². The Balaban J connectivity index is 4.41. The van der Waals surface area contributed by atoms with Crippen molar-refractivity contribution in [3.05, 3.63) is 12.2 Å². The van der Waals surface area contributed by atoms with Gasteiger partial charge in [0.2, 0.25) is 0 Å². The summed E-state index contributed by atoms with van der Waals surface area (Å²) in [5.41, 5.74) is -0.181. The van der Waals surface area contributed by atoms with Gasteiger partial charge in [0.1, 0.15) is 12.2 Å². The molecular formula is C17H31NO4. The zero-order valence-electron chi connectivity index (χ0n) is 14.7. The average Bonchev–Trinajstić information content (AvgIpc) is 2.39. The maximum absolute atomic E-state index is 12.2. The first-order valence-corrected chi connectivity index (χ1v) is 7.98. The van der Waals surface area contributed by atoms with E-state index in [-0.39, 0.29) is 12.7 Å². The molecule has 0 aliphatic heterocycles. The van der Waals surface area contributed by atoms with Crippen molar-refractivity contribution in [1.82, 2.24) is 4.90 Å². The molecule has 0 aromatic rings. The molecule has 0 unspecified atom stereocenters. The SMILES string of the molecule is C=C(C)C(=O)OCCN(CCCCCC)C(=O)OC(C)(C)C. The number of hydrogen-bond acceptors (Lipinski definition) is 4. The highest BCUT2D eigenvalue weighted by Gasteiger charge is 2.22. The first-order valence-electron chi connectivity index (χ1n) is 7.98. The summed E-state index contributed by atoms with van der Waals surface area (Å²) in [6.07, 6.45) is 3.91. The molecule has 128 valence electrons. The molecule has 22 heavy (non-hydrogen) atoms. The van der Waals surface area contributed by atoms with Gasteiger partial charge in [-0.05, 0) is 34.1 Å². The van der Waals surface area contributed by atoms with Crippen LogP contribution in [0.2, 0.25) is 0 Å². The Kier molecular flexibility index (Phi) is 9.54. The van der Waals surface area contributed by atoms with Crippen molar-refractivity contribution < 1.29 is 19.1 Å². The Morgan fingerprint density at radius 3 is 2.23 bits per heavy atom. The molecule has 0 fully saturated rings. The minimum absolute atomic E-state index is 0.152. The third kappa shape index (κ3) is 10.2. The number of unbranched alkanes of at least 4 members (excludes halogenated alkanes) is 3. The third-order valence-electron chi connectivity index (χ3n) is 2.88. The van der Waals surface area contributed by atoms with E-state index in [0.717, 1.165) is 25.7 Å². The zero-order chi connectivity index (χ0) is 17.2. The molecule has 0 aliphatic carbocycles. The van der Waals surface area contributed by atoms with Gasteiger partial charge in [-0.2, -0.15) is 0 Å². The first-order chi connectivity index (χ1) is 10.2. The quantitative estimate of drug-likeness (QED) is 0.368. The highest BCUT2D eigenvalue weighted by Crippen LogP contribution is 2.11. The van der Waals surface area contributed by atoms with E-state index in [1.54, 1.807) is 11.8 Å². The molecule has 0 aliphatic rings. The van der Waals surface area contributed by atoms with Crippen molar-refractivity contribution in [2.45, 2.75) is 65.9 Å². The third-order valence-corrected chi connectivity index (χ3v) is 2.88. The molecule has 0 N–H and O–H groups in total. The summed E-state index contributed by atoms with van der Waals surface area (Å²) in [6, 6.07) is 0. The van der Waals surface area contributed by atoms with Crippen molar-refractivity contribution in [2.75, 3.05) is 19.7 Å². The standard InChI is InChI=1S/C17H31NO4/c1-7-8-9-10-11-18(16(20)22-17(4,5)6)12-13-21-15(19)14(2)3/h2,7-13H2,1,3-6H3. The second kappa shape index (κ2) is 10.2. The van der Waals surface area contributed by atoms with Gasteiger partial charge in [0, 0.05) is 12.1 Å². The summed E-state index contributed by atoms with van der Waals surface area (Å²) in [5, 5.41) is 0. The number of nitrogens with zero attached hydrogens (tertiary/aromatic N) is 1. The summed E-state index contributed by atoms with van der Waals surface area (Å²) < 4.78 is 10.4. The lowest BCUT2D eigenvalue weighted by Gasteiger charge is -2.27. The van der Waals surface area contributed by atoms with Gasteiger partial charge in [0.15, 0.2) is 0 Å². The van der Waals surface area contributed by atoms with Crippen LogP contribution in [0, 0.1) is 0 Å². The van der Waals surface area contributed by atoms with Crippen molar-refractivity contribution in [2.24, 2.45) is 0 Å². The van der Waals surface area contributed by atoms with Crippen LogP contribution in [0.4, 0.5) is 4.79 Å². The van der Waals surface area contributed by atoms with Gasteiger partial charge in [-0.15, -0.1) is 0 Å². The first kappa shape index (κ1) is 20.5. The Morgan fingerprint density at radius 1 is 1.09 bits per heavy atom. The molecule has 5 heteroatoms. The van der Waals surface area contributed by atoms with Crippen LogP contribution in [0.3, 0.4) is 0 Å². The highest BCUT2D eigenvalue weighted by atomic mass is 16.6. The van der Waals surface area contributed by atoms with Crippen LogP contribution >= 0.6 is 0 Å². The van der Waals surface area contributed by atoms with Gasteiger partial charge in [-0.1, -0.05) is 32.8 Å². The summed E-state index contributed by atoms with van der Waals surface area (Å²) in [5.74, 6) is -0.435. The number of esters is 1. The van der Waals surface area contributed by atoms with E-state index in [0.29, 0.717) is 18.7 Å². The Morgan fingerprint density at radius 2 is 1.73 bits per heavy atom. The monoisotopic (exact) mass is 313 g/mol. The summed E-state index contributed by atoms with van der Waals surface area (Å²) >= 11 is 0. The van der Waals surface area contributed by atoms with Gasteiger partial charge in [-0.3, -0.25) is 0 Å². The summed E-state index contributed by atoms with van der Waals surface area (Å²) in [6.45, 7) is 13.9. The van der Waals surface area contributed by atoms with Crippen LogP contribution in [0.5, 0.6) is 0 Å². The molecular weight excluding hydrogens is 282 g/mol. The lowest BCUT2D eigenvalue weighted by Crippen LogP contribution is -2.39. The van der Waals surface area contributed by atoms with Crippen LogP contribution in [-0.2, 0) is 14.3 Å². The lowest BCUT2D eigenvalue weighted by molar-refractivity contribution is -0.139. The highest BCUT2D eigenvalue weighted by molar-refractivity contribution is 5.86. The maximum atomic E-state index is 12.2. The number of amides is 1. The molecule has 0 heterocycles. The number of carbonyl (C=O) groups excluding carboxylic acids is 2. The Bertz CT molecular complexity index is 371. The second-order valence-electron chi connectivity index (χ2n) is 6.44. The molecule has 0 aromatic heterocycles. The maximum Gasteiger partial charge on any atom is 0.410 e. The summed E-state index contributed by atoms with van der Waals surface area (Å²) in [4.78, 5) is 25.1. The van der Waals surface area contributed by atoms with E-state index in [4.69, 9.17) is 9.47 Å². The predicted octanol–water partition coefficient (Wildman–Crippen LogP) is 3.92. The number of hydrogen-bond donors (Lipinski definition) is 0. The molecule has 1 amide bonds. The van der Waals surface area contributed by atoms with Crippen LogP contribution in [-0.4, -0.2) is 42.3 Å². The normalized spacial score (nSPS) is 11.0. The number of rotatable bonds is 9. The van der Waals surface area contributed by atoms with Crippen molar-refractivity contribution in [1.29, 1.82) is 0 Å². The Hall–Kier alpha value is -1.52. The van der Waals surface area contributed by atoms with Crippen LogP contribution in [0.25, 0.3) is 0 Å². The van der Waals surface area contributed by atoms with E-state index in [9.17, 15) is 9.59 Å². The molecule has 0 rings (SSSR count). The van der Waals surface area contributed by atoms with Gasteiger partial charge in [-0.25, -0.2) is 9.59 Å². The lowest BCUT2D eigenvalue weighted by atomic mass is 10.2. The molecule has 0 bridgehead atoms. The van der Waals surface area contributed by atoms with Crippen LogP contribution in [0.1, 0.15) is 60.3 Å². The van der Waals surface area contributed by atoms with E-state index < -0.39 is 11.6 Å². The predicted molar refractivity (Wildman–Crippen MR) is 87.7 cm³/mol. The van der Waals surface area contributed by atoms with Gasteiger partial charge < -0.3 is 14.4 Å². The topological polar surface area (TPSA) is 55.8 Å². The molecule has 0 aromatic carbocycles. The van der Waals surface area contributed by atoms with Crippen LogP contribution in [0.15, 0.2) is 12.2 Å². The smallest absolute Gasteiger partial charge is 0.410 e. The number of ether oxygens (including phenoxy) is 2. The molecule has 0 spiro atoms. The largest absolute Gasteiger partial charge is 0.460 e. The molecule has 0 atom stereocenters. The van der Waals surface area contributed by atoms with Gasteiger partial charge >= 0.3 is 12.1 Å². The van der Waals surface area contributed by atoms with E-state index in [1.807, 2.05) is 20.8 Å². The minimum atomic E-state index is -0.535. The zero-order valence-corrected chi connectivity index (χ0v) is 14.7. The fourth-order valence-electron chi connectivity index (χ4n) is 1.72.